The summed E-state index contributed by atoms with van der Waals surface area (Å²) in [6.45, 7) is 1.94. The van der Waals surface area contributed by atoms with Crippen molar-refractivity contribution >= 4 is 29.9 Å². The third-order valence-electron chi connectivity index (χ3n) is 3.91. The number of rotatable bonds is 8. The van der Waals surface area contributed by atoms with Gasteiger partial charge in [0.15, 0.2) is 17.5 Å². The Balaban J connectivity index is 0.00000364. The molecule has 0 aliphatic heterocycles. The van der Waals surface area contributed by atoms with Crippen LogP contribution in [0.3, 0.4) is 0 Å². The van der Waals surface area contributed by atoms with Gasteiger partial charge in [-0.25, -0.2) is 0 Å². The smallest absolute Gasteiger partial charge is 0.193 e. The van der Waals surface area contributed by atoms with Crippen LogP contribution in [0.5, 0.6) is 17.2 Å². The van der Waals surface area contributed by atoms with Crippen molar-refractivity contribution in [1.82, 2.24) is 10.2 Å². The van der Waals surface area contributed by atoms with E-state index in [2.05, 4.69) is 10.3 Å². The Kier molecular flexibility index (Phi) is 10.4. The molecule has 0 radical (unpaired) electrons. The highest BCUT2D eigenvalue weighted by atomic mass is 127. The van der Waals surface area contributed by atoms with E-state index in [9.17, 15) is 0 Å². The van der Waals surface area contributed by atoms with Gasteiger partial charge in [-0.1, -0.05) is 24.3 Å². The van der Waals surface area contributed by atoms with Gasteiger partial charge in [-0.3, -0.25) is 4.99 Å². The fourth-order valence-corrected chi connectivity index (χ4v) is 2.48. The molecule has 148 valence electrons. The van der Waals surface area contributed by atoms with Crippen molar-refractivity contribution in [2.75, 3.05) is 41.5 Å². The molecule has 2 aromatic carbocycles. The normalized spacial score (nSPS) is 10.6. The van der Waals surface area contributed by atoms with Crippen molar-refractivity contribution in [1.29, 1.82) is 0 Å². The quantitative estimate of drug-likeness (QED) is 0.353. The maximum Gasteiger partial charge on any atom is 0.193 e. The number of guanidine groups is 1. The molecule has 0 saturated carbocycles. The highest BCUT2D eigenvalue weighted by Gasteiger charge is 2.08. The maximum absolute atomic E-state index is 5.74. The summed E-state index contributed by atoms with van der Waals surface area (Å²) in [7, 11) is 7.02. The third kappa shape index (κ3) is 7.16. The molecule has 0 amide bonds. The van der Waals surface area contributed by atoms with Crippen LogP contribution in [0.25, 0.3) is 0 Å². The van der Waals surface area contributed by atoms with E-state index in [4.69, 9.17) is 14.2 Å². The summed E-state index contributed by atoms with van der Waals surface area (Å²) < 4.78 is 16.3. The number of hydrogen-bond acceptors (Lipinski definition) is 4. The maximum atomic E-state index is 5.74. The zero-order valence-corrected chi connectivity index (χ0v) is 18.6. The number of aliphatic imine (C=N–C) groups is 1. The summed E-state index contributed by atoms with van der Waals surface area (Å²) in [5.41, 5.74) is 1.08. The van der Waals surface area contributed by atoms with Gasteiger partial charge in [0.1, 0.15) is 12.4 Å². The van der Waals surface area contributed by atoms with Crippen molar-refractivity contribution < 1.29 is 14.2 Å². The van der Waals surface area contributed by atoms with Gasteiger partial charge in [0.25, 0.3) is 0 Å². The summed E-state index contributed by atoms with van der Waals surface area (Å²) in [6.07, 6.45) is 0. The highest BCUT2D eigenvalue weighted by Crippen LogP contribution is 2.27. The molecule has 2 aromatic rings. The van der Waals surface area contributed by atoms with Gasteiger partial charge in [-0.05, 0) is 29.8 Å². The van der Waals surface area contributed by atoms with Gasteiger partial charge in [-0.15, -0.1) is 24.0 Å². The zero-order valence-electron chi connectivity index (χ0n) is 16.3. The molecule has 6 nitrogen and oxygen atoms in total. The Morgan fingerprint density at radius 2 is 1.74 bits per heavy atom. The van der Waals surface area contributed by atoms with Crippen LogP contribution in [0.15, 0.2) is 53.5 Å². The second-order valence-electron chi connectivity index (χ2n) is 5.67. The minimum Gasteiger partial charge on any atom is -0.493 e. The lowest BCUT2D eigenvalue weighted by Crippen LogP contribution is -2.40. The SMILES string of the molecule is CN=C(NCc1ccc(OC)c(OC)c1)N(C)CCOc1ccccc1.I. The Morgan fingerprint density at radius 3 is 2.37 bits per heavy atom. The zero-order chi connectivity index (χ0) is 18.8. The van der Waals surface area contributed by atoms with Crippen LogP contribution in [0, 0.1) is 0 Å². The average Bonchev–Trinajstić information content (AvgIpc) is 2.69. The minimum atomic E-state index is 0. The molecular weight excluding hydrogens is 457 g/mol. The van der Waals surface area contributed by atoms with Crippen molar-refractivity contribution in [3.8, 4) is 17.2 Å². The summed E-state index contributed by atoms with van der Waals surface area (Å²) in [5.74, 6) is 3.10. The van der Waals surface area contributed by atoms with Crippen molar-refractivity contribution in [3.05, 3.63) is 54.1 Å². The molecule has 0 bridgehead atoms. The number of ether oxygens (including phenoxy) is 3. The molecule has 7 heteroatoms. The third-order valence-corrected chi connectivity index (χ3v) is 3.91. The number of para-hydroxylation sites is 1. The van der Waals surface area contributed by atoms with Crippen molar-refractivity contribution in [2.24, 2.45) is 4.99 Å². The molecular formula is C20H28IN3O3. The number of benzene rings is 2. The highest BCUT2D eigenvalue weighted by molar-refractivity contribution is 14.0. The van der Waals surface area contributed by atoms with E-state index >= 15 is 0 Å². The molecule has 0 aliphatic rings. The molecule has 0 aliphatic carbocycles. The molecule has 0 atom stereocenters. The van der Waals surface area contributed by atoms with Gasteiger partial charge >= 0.3 is 0 Å². The average molecular weight is 485 g/mol. The molecule has 1 N–H and O–H groups in total. The number of likely N-dealkylation sites (N-methyl/N-ethyl adjacent to an activating group) is 1. The number of methoxy groups -OCH3 is 2. The minimum absolute atomic E-state index is 0. The van der Waals surface area contributed by atoms with Crippen LogP contribution < -0.4 is 19.5 Å². The van der Waals surface area contributed by atoms with Crippen molar-refractivity contribution in [2.45, 2.75) is 6.54 Å². The molecule has 0 aromatic heterocycles. The monoisotopic (exact) mass is 485 g/mol. The lowest BCUT2D eigenvalue weighted by atomic mass is 10.2. The van der Waals surface area contributed by atoms with E-state index in [0.717, 1.165) is 29.6 Å². The summed E-state index contributed by atoms with van der Waals surface area (Å²) >= 11 is 0. The first-order chi connectivity index (χ1) is 12.7. The first-order valence-corrected chi connectivity index (χ1v) is 8.48. The molecule has 27 heavy (non-hydrogen) atoms. The van der Waals surface area contributed by atoms with E-state index in [1.54, 1.807) is 21.3 Å². The van der Waals surface area contributed by atoms with Crippen LogP contribution in [-0.2, 0) is 6.54 Å². The van der Waals surface area contributed by atoms with E-state index in [-0.39, 0.29) is 24.0 Å². The molecule has 0 spiro atoms. The van der Waals surface area contributed by atoms with E-state index < -0.39 is 0 Å². The van der Waals surface area contributed by atoms with Crippen LogP contribution in [0.4, 0.5) is 0 Å². The largest absolute Gasteiger partial charge is 0.493 e. The summed E-state index contributed by atoms with van der Waals surface area (Å²) in [6, 6.07) is 15.6. The Morgan fingerprint density at radius 1 is 1.04 bits per heavy atom. The van der Waals surface area contributed by atoms with Crippen LogP contribution in [0.1, 0.15) is 5.56 Å². The number of nitrogens with one attached hydrogen (secondary N) is 1. The topological polar surface area (TPSA) is 55.3 Å². The number of nitrogens with zero attached hydrogens (tertiary/aromatic N) is 2. The first kappa shape index (κ1) is 22.9. The van der Waals surface area contributed by atoms with E-state index in [1.165, 1.54) is 0 Å². The predicted octanol–water partition coefficient (Wildman–Crippen LogP) is 3.41. The fraction of sp³-hybridized carbons (Fsp3) is 0.350. The lowest BCUT2D eigenvalue weighted by Gasteiger charge is -2.22. The second kappa shape index (κ2) is 12.3. The van der Waals surface area contributed by atoms with Crippen LogP contribution in [0.2, 0.25) is 0 Å². The van der Waals surface area contributed by atoms with Crippen LogP contribution in [-0.4, -0.2) is 52.3 Å². The predicted molar refractivity (Wildman–Crippen MR) is 120 cm³/mol. The molecule has 0 unspecified atom stereocenters. The van der Waals surface area contributed by atoms with Gasteiger partial charge in [0, 0.05) is 20.6 Å². The standard InChI is InChI=1S/C20H27N3O3.HI/c1-21-20(23(2)12-13-26-17-8-6-5-7-9-17)22-15-16-10-11-18(24-3)19(14-16)25-4;/h5-11,14H,12-13,15H2,1-4H3,(H,21,22);1H. The van der Waals surface area contributed by atoms with Gasteiger partial charge < -0.3 is 24.4 Å². The van der Waals surface area contributed by atoms with Gasteiger partial charge in [-0.2, -0.15) is 0 Å². The Hall–Kier alpha value is -2.16. The molecule has 0 saturated heterocycles. The van der Waals surface area contributed by atoms with Gasteiger partial charge in [0.05, 0.1) is 20.8 Å². The van der Waals surface area contributed by atoms with Crippen molar-refractivity contribution in [3.63, 3.8) is 0 Å². The molecule has 0 fully saturated rings. The fourth-order valence-electron chi connectivity index (χ4n) is 2.48. The van der Waals surface area contributed by atoms with E-state index in [1.807, 2.05) is 60.5 Å². The summed E-state index contributed by atoms with van der Waals surface area (Å²) in [5, 5.41) is 3.35. The molecule has 0 heterocycles. The molecule has 2 rings (SSSR count). The number of hydrogen-bond donors (Lipinski definition) is 1. The van der Waals surface area contributed by atoms with Gasteiger partial charge in [0.2, 0.25) is 0 Å². The lowest BCUT2D eigenvalue weighted by molar-refractivity contribution is 0.281. The summed E-state index contributed by atoms with van der Waals surface area (Å²) in [4.78, 5) is 6.36. The van der Waals surface area contributed by atoms with Crippen LogP contribution >= 0.6 is 24.0 Å². The number of halogens is 1. The van der Waals surface area contributed by atoms with E-state index in [0.29, 0.717) is 18.9 Å². The Labute approximate surface area is 178 Å². The Bertz CT molecular complexity index is 711. The second-order valence-corrected chi connectivity index (χ2v) is 5.67. The first-order valence-electron chi connectivity index (χ1n) is 8.48.